The zero-order valence-corrected chi connectivity index (χ0v) is 11.5. The molecule has 2 rings (SSSR count). The number of aromatic nitrogens is 4. The van der Waals surface area contributed by atoms with Crippen LogP contribution in [0.5, 0.6) is 0 Å². The summed E-state index contributed by atoms with van der Waals surface area (Å²) in [4.78, 5) is 11.8. The van der Waals surface area contributed by atoms with Crippen molar-refractivity contribution in [3.63, 3.8) is 0 Å². The first kappa shape index (κ1) is 15.1. The van der Waals surface area contributed by atoms with Crippen LogP contribution in [0.1, 0.15) is 34.4 Å². The van der Waals surface area contributed by atoms with E-state index in [0.29, 0.717) is 12.6 Å². The number of halogens is 3. The molecular formula is C12H14F3N5O. The minimum absolute atomic E-state index is 0.179. The number of rotatable bonds is 4. The third-order valence-corrected chi connectivity index (χ3v) is 3.06. The number of amides is 1. The van der Waals surface area contributed by atoms with Gasteiger partial charge in [0.2, 0.25) is 0 Å². The van der Waals surface area contributed by atoms with Crippen LogP contribution in [-0.4, -0.2) is 25.9 Å². The van der Waals surface area contributed by atoms with Gasteiger partial charge in [-0.1, -0.05) is 0 Å². The highest BCUT2D eigenvalue weighted by atomic mass is 19.4. The van der Waals surface area contributed by atoms with E-state index in [1.54, 1.807) is 16.0 Å². The molecule has 2 N–H and O–H groups in total. The Kier molecular flexibility index (Phi) is 4.01. The van der Waals surface area contributed by atoms with Crippen molar-refractivity contribution in [1.82, 2.24) is 25.3 Å². The molecule has 21 heavy (non-hydrogen) atoms. The Morgan fingerprint density at radius 1 is 1.48 bits per heavy atom. The van der Waals surface area contributed by atoms with E-state index in [-0.39, 0.29) is 12.2 Å². The Hall–Kier alpha value is -2.32. The van der Waals surface area contributed by atoms with E-state index in [1.807, 2.05) is 13.8 Å². The van der Waals surface area contributed by atoms with Gasteiger partial charge in [-0.05, 0) is 13.8 Å². The van der Waals surface area contributed by atoms with E-state index in [1.165, 1.54) is 0 Å². The number of aromatic amines is 1. The summed E-state index contributed by atoms with van der Waals surface area (Å²) >= 11 is 0. The van der Waals surface area contributed by atoms with Crippen molar-refractivity contribution in [2.24, 2.45) is 0 Å². The monoisotopic (exact) mass is 301 g/mol. The maximum atomic E-state index is 12.4. The van der Waals surface area contributed by atoms with Gasteiger partial charge < -0.3 is 5.32 Å². The molecular weight excluding hydrogens is 287 g/mol. The fourth-order valence-electron chi connectivity index (χ4n) is 1.83. The Balaban J connectivity index is 2.01. The van der Waals surface area contributed by atoms with Gasteiger partial charge in [0.25, 0.3) is 5.91 Å². The molecule has 2 aromatic rings. The number of carbonyl (C=O) groups is 1. The van der Waals surface area contributed by atoms with Crippen LogP contribution in [0, 0.1) is 6.92 Å². The largest absolute Gasteiger partial charge is 0.432 e. The summed E-state index contributed by atoms with van der Waals surface area (Å²) in [6.45, 7) is 4.67. The van der Waals surface area contributed by atoms with Gasteiger partial charge in [-0.3, -0.25) is 14.6 Å². The van der Waals surface area contributed by atoms with Crippen LogP contribution >= 0.6 is 0 Å². The molecule has 0 aromatic carbocycles. The molecule has 0 bridgehead atoms. The van der Waals surface area contributed by atoms with Crippen molar-refractivity contribution in [1.29, 1.82) is 0 Å². The molecule has 0 saturated carbocycles. The highest BCUT2D eigenvalue weighted by molar-refractivity contribution is 5.92. The number of alkyl halides is 3. The maximum Gasteiger partial charge on any atom is 0.432 e. The van der Waals surface area contributed by atoms with Crippen molar-refractivity contribution in [3.05, 3.63) is 34.9 Å². The standard InChI is InChI=1S/C12H14F3N5O/c1-3-20-7(2)8(6-17-20)5-16-11(21)9-4-10(19-18-9)12(13,14)15/h4,6H,3,5H2,1-2H3,(H,16,21)(H,18,19). The normalized spacial score (nSPS) is 11.7. The van der Waals surface area contributed by atoms with Gasteiger partial charge in [0.15, 0.2) is 5.69 Å². The van der Waals surface area contributed by atoms with Crippen molar-refractivity contribution >= 4 is 5.91 Å². The molecule has 0 saturated heterocycles. The average Bonchev–Trinajstić information content (AvgIpc) is 3.02. The second-order valence-corrected chi connectivity index (χ2v) is 4.42. The molecule has 0 fully saturated rings. The lowest BCUT2D eigenvalue weighted by atomic mass is 10.2. The van der Waals surface area contributed by atoms with Gasteiger partial charge in [-0.2, -0.15) is 23.4 Å². The van der Waals surface area contributed by atoms with Crippen LogP contribution < -0.4 is 5.32 Å². The lowest BCUT2D eigenvalue weighted by Gasteiger charge is -2.04. The molecule has 2 heterocycles. The summed E-state index contributed by atoms with van der Waals surface area (Å²) in [7, 11) is 0. The van der Waals surface area contributed by atoms with E-state index in [2.05, 4.69) is 15.5 Å². The molecule has 9 heteroatoms. The molecule has 1 amide bonds. The first-order valence-electron chi connectivity index (χ1n) is 6.25. The number of hydrogen-bond donors (Lipinski definition) is 2. The van der Waals surface area contributed by atoms with Crippen molar-refractivity contribution in [2.45, 2.75) is 33.1 Å². The summed E-state index contributed by atoms with van der Waals surface area (Å²) in [6.07, 6.45) is -2.94. The number of hydrogen-bond acceptors (Lipinski definition) is 3. The quantitative estimate of drug-likeness (QED) is 0.905. The fourth-order valence-corrected chi connectivity index (χ4v) is 1.83. The number of nitrogens with one attached hydrogen (secondary N) is 2. The van der Waals surface area contributed by atoms with Crippen LogP contribution in [0.3, 0.4) is 0 Å². The van der Waals surface area contributed by atoms with Crippen LogP contribution in [0.15, 0.2) is 12.3 Å². The van der Waals surface area contributed by atoms with Crippen molar-refractivity contribution in [3.8, 4) is 0 Å². The summed E-state index contributed by atoms with van der Waals surface area (Å²) < 4.78 is 38.9. The first-order valence-corrected chi connectivity index (χ1v) is 6.25. The zero-order valence-electron chi connectivity index (χ0n) is 11.5. The van der Waals surface area contributed by atoms with Crippen LogP contribution in [0.25, 0.3) is 0 Å². The molecule has 0 spiro atoms. The summed E-state index contributed by atoms with van der Waals surface area (Å²) in [5.41, 5.74) is 0.345. The predicted octanol–water partition coefficient (Wildman–Crippen LogP) is 1.88. The molecule has 0 aliphatic heterocycles. The van der Waals surface area contributed by atoms with Gasteiger partial charge in [-0.25, -0.2) is 0 Å². The lowest BCUT2D eigenvalue weighted by molar-refractivity contribution is -0.141. The third kappa shape index (κ3) is 3.23. The van der Waals surface area contributed by atoms with Gasteiger partial charge >= 0.3 is 6.18 Å². The highest BCUT2D eigenvalue weighted by Crippen LogP contribution is 2.27. The van der Waals surface area contributed by atoms with E-state index >= 15 is 0 Å². The SMILES string of the molecule is CCn1ncc(CNC(=O)c2cc(C(F)(F)F)[nH]n2)c1C. The predicted molar refractivity (Wildman–Crippen MR) is 67.4 cm³/mol. The molecule has 0 aliphatic rings. The smallest absolute Gasteiger partial charge is 0.346 e. The van der Waals surface area contributed by atoms with E-state index in [0.717, 1.165) is 11.3 Å². The fraction of sp³-hybridized carbons (Fsp3) is 0.417. The number of nitrogens with zero attached hydrogens (tertiary/aromatic N) is 3. The molecule has 0 atom stereocenters. The first-order chi connectivity index (χ1) is 9.82. The molecule has 2 aromatic heterocycles. The number of H-pyrrole nitrogens is 1. The lowest BCUT2D eigenvalue weighted by Crippen LogP contribution is -2.23. The average molecular weight is 301 g/mol. The Morgan fingerprint density at radius 3 is 2.71 bits per heavy atom. The van der Waals surface area contributed by atoms with E-state index in [9.17, 15) is 18.0 Å². The van der Waals surface area contributed by atoms with Crippen LogP contribution in [-0.2, 0) is 19.3 Å². The third-order valence-electron chi connectivity index (χ3n) is 3.06. The second-order valence-electron chi connectivity index (χ2n) is 4.42. The summed E-state index contributed by atoms with van der Waals surface area (Å²) in [5, 5.41) is 11.8. The Bertz CT molecular complexity index is 644. The van der Waals surface area contributed by atoms with Crippen LogP contribution in [0.4, 0.5) is 13.2 Å². The van der Waals surface area contributed by atoms with Crippen molar-refractivity contribution < 1.29 is 18.0 Å². The van der Waals surface area contributed by atoms with Gasteiger partial charge in [0.1, 0.15) is 5.69 Å². The molecule has 0 radical (unpaired) electrons. The van der Waals surface area contributed by atoms with Crippen LogP contribution in [0.2, 0.25) is 0 Å². The Morgan fingerprint density at radius 2 is 2.19 bits per heavy atom. The molecule has 0 aliphatic carbocycles. The zero-order chi connectivity index (χ0) is 15.6. The van der Waals surface area contributed by atoms with Gasteiger partial charge in [0, 0.05) is 30.4 Å². The second kappa shape index (κ2) is 5.58. The maximum absolute atomic E-state index is 12.4. The van der Waals surface area contributed by atoms with Crippen molar-refractivity contribution in [2.75, 3.05) is 0 Å². The summed E-state index contributed by atoms with van der Waals surface area (Å²) in [6, 6.07) is 0.678. The van der Waals surface area contributed by atoms with Gasteiger partial charge in [-0.15, -0.1) is 0 Å². The summed E-state index contributed by atoms with van der Waals surface area (Å²) in [5.74, 6) is -0.676. The Labute approximate surface area is 118 Å². The van der Waals surface area contributed by atoms with E-state index < -0.39 is 17.8 Å². The molecule has 0 unspecified atom stereocenters. The number of aryl methyl sites for hydroxylation is 1. The van der Waals surface area contributed by atoms with E-state index in [4.69, 9.17) is 0 Å². The topological polar surface area (TPSA) is 75.6 Å². The molecule has 6 nitrogen and oxygen atoms in total. The van der Waals surface area contributed by atoms with Gasteiger partial charge in [0.05, 0.1) is 6.20 Å². The molecule has 114 valence electrons. The minimum Gasteiger partial charge on any atom is -0.346 e. The highest BCUT2D eigenvalue weighted by Gasteiger charge is 2.33. The number of carbonyl (C=O) groups excluding carboxylic acids is 1. The minimum atomic E-state index is -4.55.